The number of para-hydroxylation sites is 2. The molecule has 1 saturated heterocycles. The van der Waals surface area contributed by atoms with Gasteiger partial charge in [-0.1, -0.05) is 23.7 Å². The SMILES string of the molecule is O=C(Nc1ccccc1OCC1CCCCO1)c1ccnc(Cl)c1. The first kappa shape index (κ1) is 16.7. The molecule has 1 amide bonds. The molecule has 5 nitrogen and oxygen atoms in total. The third-order valence-electron chi connectivity index (χ3n) is 3.82. The number of rotatable bonds is 5. The minimum atomic E-state index is -0.260. The standard InChI is InChI=1S/C18H19ClN2O3/c19-17-11-13(8-9-20-17)18(22)21-15-6-1-2-7-16(15)24-12-14-5-3-4-10-23-14/h1-2,6-9,11,14H,3-5,10,12H2,(H,21,22). The van der Waals surface area contributed by atoms with Gasteiger partial charge < -0.3 is 14.8 Å². The molecular formula is C18H19ClN2O3. The summed E-state index contributed by atoms with van der Waals surface area (Å²) < 4.78 is 11.5. The lowest BCUT2D eigenvalue weighted by Crippen LogP contribution is -2.26. The summed E-state index contributed by atoms with van der Waals surface area (Å²) in [5.41, 5.74) is 1.06. The van der Waals surface area contributed by atoms with Gasteiger partial charge >= 0.3 is 0 Å². The van der Waals surface area contributed by atoms with Crippen LogP contribution in [0.1, 0.15) is 29.6 Å². The van der Waals surface area contributed by atoms with Gasteiger partial charge in [0.15, 0.2) is 0 Å². The van der Waals surface area contributed by atoms with Gasteiger partial charge in [-0.3, -0.25) is 4.79 Å². The van der Waals surface area contributed by atoms with Crippen LogP contribution in [0.4, 0.5) is 5.69 Å². The van der Waals surface area contributed by atoms with E-state index in [0.717, 1.165) is 25.9 Å². The van der Waals surface area contributed by atoms with E-state index in [-0.39, 0.29) is 17.2 Å². The van der Waals surface area contributed by atoms with Gasteiger partial charge in [0.1, 0.15) is 17.5 Å². The molecule has 126 valence electrons. The molecule has 0 spiro atoms. The Hall–Kier alpha value is -2.11. The number of halogens is 1. The third kappa shape index (κ3) is 4.46. The van der Waals surface area contributed by atoms with Crippen molar-refractivity contribution >= 4 is 23.2 Å². The fourth-order valence-corrected chi connectivity index (χ4v) is 2.73. The van der Waals surface area contributed by atoms with E-state index in [2.05, 4.69) is 10.3 Å². The van der Waals surface area contributed by atoms with Gasteiger partial charge in [-0.05, 0) is 43.5 Å². The summed E-state index contributed by atoms with van der Waals surface area (Å²) in [5.74, 6) is 0.365. The van der Waals surface area contributed by atoms with E-state index >= 15 is 0 Å². The first-order valence-corrected chi connectivity index (χ1v) is 8.36. The molecule has 2 heterocycles. The van der Waals surface area contributed by atoms with Crippen LogP contribution in [0.2, 0.25) is 5.15 Å². The van der Waals surface area contributed by atoms with Crippen LogP contribution in [-0.4, -0.2) is 30.2 Å². The van der Waals surface area contributed by atoms with Crippen LogP contribution < -0.4 is 10.1 Å². The number of carbonyl (C=O) groups excluding carboxylic acids is 1. The van der Waals surface area contributed by atoms with Gasteiger partial charge in [0.25, 0.3) is 5.91 Å². The molecule has 0 aliphatic carbocycles. The second kappa shape index (κ2) is 8.13. The topological polar surface area (TPSA) is 60.5 Å². The Kier molecular flexibility index (Phi) is 5.67. The number of ether oxygens (including phenoxy) is 2. The number of hydrogen-bond donors (Lipinski definition) is 1. The normalized spacial score (nSPS) is 17.3. The Morgan fingerprint density at radius 3 is 3.00 bits per heavy atom. The largest absolute Gasteiger partial charge is 0.489 e. The van der Waals surface area contributed by atoms with Crippen molar-refractivity contribution in [2.45, 2.75) is 25.4 Å². The van der Waals surface area contributed by atoms with Gasteiger partial charge in [0, 0.05) is 18.4 Å². The summed E-state index contributed by atoms with van der Waals surface area (Å²) >= 11 is 5.83. The van der Waals surface area contributed by atoms with Crippen molar-refractivity contribution in [2.75, 3.05) is 18.5 Å². The van der Waals surface area contributed by atoms with Crippen molar-refractivity contribution in [1.29, 1.82) is 0 Å². The molecule has 1 aliphatic rings. The van der Waals surface area contributed by atoms with Crippen LogP contribution in [0, 0.1) is 0 Å². The molecule has 24 heavy (non-hydrogen) atoms. The first-order valence-electron chi connectivity index (χ1n) is 7.99. The molecule has 1 aliphatic heterocycles. The quantitative estimate of drug-likeness (QED) is 0.833. The fourth-order valence-electron chi connectivity index (χ4n) is 2.56. The highest BCUT2D eigenvalue weighted by molar-refractivity contribution is 6.29. The maximum Gasteiger partial charge on any atom is 0.255 e. The minimum absolute atomic E-state index is 0.113. The van der Waals surface area contributed by atoms with Crippen LogP contribution in [0.3, 0.4) is 0 Å². The molecule has 3 rings (SSSR count). The van der Waals surface area contributed by atoms with E-state index in [4.69, 9.17) is 21.1 Å². The van der Waals surface area contributed by atoms with Crippen molar-refractivity contribution in [1.82, 2.24) is 4.98 Å². The summed E-state index contributed by atoms with van der Waals surface area (Å²) in [4.78, 5) is 16.2. The molecule has 6 heteroatoms. The van der Waals surface area contributed by atoms with Crippen molar-refractivity contribution in [3.63, 3.8) is 0 Å². The van der Waals surface area contributed by atoms with Crippen LogP contribution in [0.25, 0.3) is 0 Å². The Labute approximate surface area is 145 Å². The van der Waals surface area contributed by atoms with E-state index < -0.39 is 0 Å². The summed E-state index contributed by atoms with van der Waals surface area (Å²) in [7, 11) is 0. The molecule has 2 aromatic rings. The van der Waals surface area contributed by atoms with Gasteiger partial charge in [0.2, 0.25) is 0 Å². The molecule has 0 saturated carbocycles. The van der Waals surface area contributed by atoms with Crippen LogP contribution >= 0.6 is 11.6 Å². The summed E-state index contributed by atoms with van der Waals surface area (Å²) in [6, 6.07) is 10.5. The highest BCUT2D eigenvalue weighted by atomic mass is 35.5. The van der Waals surface area contributed by atoms with Gasteiger partial charge in [-0.25, -0.2) is 4.98 Å². The van der Waals surface area contributed by atoms with E-state index in [1.54, 1.807) is 12.1 Å². The maximum atomic E-state index is 12.3. The number of aromatic nitrogens is 1. The van der Waals surface area contributed by atoms with Gasteiger partial charge in [0.05, 0.1) is 11.8 Å². The lowest BCUT2D eigenvalue weighted by atomic mass is 10.1. The number of anilines is 1. The molecule has 1 atom stereocenters. The van der Waals surface area contributed by atoms with Crippen LogP contribution in [-0.2, 0) is 4.74 Å². The Balaban J connectivity index is 1.66. The number of pyridine rings is 1. The average Bonchev–Trinajstić information content (AvgIpc) is 2.62. The van der Waals surface area contributed by atoms with Crippen molar-refractivity contribution in [3.8, 4) is 5.75 Å². The zero-order valence-electron chi connectivity index (χ0n) is 13.2. The summed E-state index contributed by atoms with van der Waals surface area (Å²) in [6.45, 7) is 1.27. The summed E-state index contributed by atoms with van der Waals surface area (Å²) in [6.07, 6.45) is 4.89. The van der Waals surface area contributed by atoms with Gasteiger partial charge in [-0.15, -0.1) is 0 Å². The number of nitrogens with one attached hydrogen (secondary N) is 1. The summed E-state index contributed by atoms with van der Waals surface area (Å²) in [5, 5.41) is 3.13. The van der Waals surface area contributed by atoms with E-state index in [9.17, 15) is 4.79 Å². The zero-order chi connectivity index (χ0) is 16.8. The molecule has 0 bridgehead atoms. The van der Waals surface area contributed by atoms with Crippen LogP contribution in [0.5, 0.6) is 5.75 Å². The number of nitrogens with zero attached hydrogens (tertiary/aromatic N) is 1. The molecular weight excluding hydrogens is 328 g/mol. The Bertz CT molecular complexity index is 702. The predicted molar refractivity (Wildman–Crippen MR) is 92.7 cm³/mol. The van der Waals surface area contributed by atoms with Crippen molar-refractivity contribution in [3.05, 3.63) is 53.3 Å². The number of amides is 1. The van der Waals surface area contributed by atoms with E-state index in [1.807, 2.05) is 18.2 Å². The lowest BCUT2D eigenvalue weighted by molar-refractivity contribution is -0.0109. The predicted octanol–water partition coefficient (Wildman–Crippen LogP) is 3.94. The monoisotopic (exact) mass is 346 g/mol. The highest BCUT2D eigenvalue weighted by Crippen LogP contribution is 2.25. The van der Waals surface area contributed by atoms with Gasteiger partial charge in [-0.2, -0.15) is 0 Å². The number of benzene rings is 1. The highest BCUT2D eigenvalue weighted by Gasteiger charge is 2.16. The molecule has 0 radical (unpaired) electrons. The smallest absolute Gasteiger partial charge is 0.255 e. The number of hydrogen-bond acceptors (Lipinski definition) is 4. The first-order chi connectivity index (χ1) is 11.7. The number of carbonyl (C=O) groups is 1. The zero-order valence-corrected chi connectivity index (χ0v) is 14.0. The van der Waals surface area contributed by atoms with Crippen LogP contribution in [0.15, 0.2) is 42.6 Å². The van der Waals surface area contributed by atoms with E-state index in [1.165, 1.54) is 12.3 Å². The molecule has 1 unspecified atom stereocenters. The molecule has 1 aromatic carbocycles. The average molecular weight is 347 g/mol. The third-order valence-corrected chi connectivity index (χ3v) is 4.03. The second-order valence-electron chi connectivity index (χ2n) is 5.62. The van der Waals surface area contributed by atoms with Crippen molar-refractivity contribution in [2.24, 2.45) is 0 Å². The fraction of sp³-hybridized carbons (Fsp3) is 0.333. The molecule has 1 fully saturated rings. The Morgan fingerprint density at radius 1 is 1.33 bits per heavy atom. The van der Waals surface area contributed by atoms with E-state index in [0.29, 0.717) is 23.6 Å². The molecule has 1 aromatic heterocycles. The van der Waals surface area contributed by atoms with Crippen molar-refractivity contribution < 1.29 is 14.3 Å². The molecule has 1 N–H and O–H groups in total. The lowest BCUT2D eigenvalue weighted by Gasteiger charge is -2.23. The minimum Gasteiger partial charge on any atom is -0.489 e. The second-order valence-corrected chi connectivity index (χ2v) is 6.00. The maximum absolute atomic E-state index is 12.3. The Morgan fingerprint density at radius 2 is 2.21 bits per heavy atom.